The first kappa shape index (κ1) is 12.2. The van der Waals surface area contributed by atoms with E-state index in [1.54, 1.807) is 18.2 Å². The minimum Gasteiger partial charge on any atom is -0.480 e. The molecule has 1 aromatic carbocycles. The Labute approximate surface area is 103 Å². The van der Waals surface area contributed by atoms with Gasteiger partial charge in [-0.2, -0.15) is 5.10 Å². The van der Waals surface area contributed by atoms with E-state index in [9.17, 15) is 9.18 Å². The van der Waals surface area contributed by atoms with Crippen LogP contribution >= 0.6 is 0 Å². The maximum Gasteiger partial charge on any atom is 0.233 e. The van der Waals surface area contributed by atoms with E-state index < -0.39 is 5.82 Å². The zero-order valence-electron chi connectivity index (χ0n) is 9.76. The average molecular weight is 246 g/mol. The van der Waals surface area contributed by atoms with Crippen molar-refractivity contribution in [2.45, 2.75) is 6.42 Å². The van der Waals surface area contributed by atoms with Crippen molar-refractivity contribution in [3.8, 4) is 5.88 Å². The summed E-state index contributed by atoms with van der Waals surface area (Å²) in [6.45, 7) is 0. The summed E-state index contributed by atoms with van der Waals surface area (Å²) >= 11 is 0. The molecule has 0 aliphatic rings. The van der Waals surface area contributed by atoms with Gasteiger partial charge in [0.25, 0.3) is 0 Å². The Bertz CT molecular complexity index is 555. The fourth-order valence-corrected chi connectivity index (χ4v) is 1.48. The third-order valence-electron chi connectivity index (χ3n) is 2.39. The van der Waals surface area contributed by atoms with E-state index in [2.05, 4.69) is 10.2 Å². The number of halogens is 1. The van der Waals surface area contributed by atoms with Crippen molar-refractivity contribution in [1.82, 2.24) is 10.2 Å². The molecule has 0 saturated carbocycles. The predicted molar refractivity (Wildman–Crippen MR) is 63.0 cm³/mol. The summed E-state index contributed by atoms with van der Waals surface area (Å²) in [6, 6.07) is 8.86. The molecule has 92 valence electrons. The van der Waals surface area contributed by atoms with Crippen molar-refractivity contribution < 1.29 is 13.9 Å². The van der Waals surface area contributed by atoms with Gasteiger partial charge in [0.1, 0.15) is 5.82 Å². The number of ketones is 1. The smallest absolute Gasteiger partial charge is 0.233 e. The van der Waals surface area contributed by atoms with Gasteiger partial charge in [0.2, 0.25) is 5.88 Å². The first-order valence-electron chi connectivity index (χ1n) is 5.34. The molecule has 4 nitrogen and oxygen atoms in total. The Kier molecular flexibility index (Phi) is 3.62. The molecule has 18 heavy (non-hydrogen) atoms. The van der Waals surface area contributed by atoms with Gasteiger partial charge in [-0.15, -0.1) is 5.10 Å². The number of Topliss-reactive ketones (excluding diaryl/α,β-unsaturated/α-hetero) is 1. The van der Waals surface area contributed by atoms with Crippen LogP contribution < -0.4 is 4.74 Å². The number of hydrogen-bond donors (Lipinski definition) is 0. The second-order valence-electron chi connectivity index (χ2n) is 3.68. The van der Waals surface area contributed by atoms with Gasteiger partial charge in [0.15, 0.2) is 5.78 Å². The number of ether oxygens (including phenoxy) is 1. The number of rotatable bonds is 4. The Hall–Kier alpha value is -2.30. The van der Waals surface area contributed by atoms with E-state index in [0.717, 1.165) is 0 Å². The fraction of sp³-hybridized carbons (Fsp3) is 0.154. The topological polar surface area (TPSA) is 52.1 Å². The summed E-state index contributed by atoms with van der Waals surface area (Å²) < 4.78 is 17.8. The number of aromatic nitrogens is 2. The van der Waals surface area contributed by atoms with Crippen LogP contribution in [-0.2, 0) is 6.42 Å². The van der Waals surface area contributed by atoms with Crippen molar-refractivity contribution in [1.29, 1.82) is 0 Å². The molecule has 1 aromatic heterocycles. The molecule has 0 saturated heterocycles. The number of carbonyl (C=O) groups is 1. The SMILES string of the molecule is COc1ccc(CC(=O)c2cccc(F)c2)nn1. The van der Waals surface area contributed by atoms with E-state index in [1.165, 1.54) is 25.3 Å². The lowest BCUT2D eigenvalue weighted by molar-refractivity contribution is 0.0991. The van der Waals surface area contributed by atoms with Crippen LogP contribution in [0.5, 0.6) is 5.88 Å². The zero-order chi connectivity index (χ0) is 13.0. The van der Waals surface area contributed by atoms with E-state index in [4.69, 9.17) is 4.74 Å². The number of methoxy groups -OCH3 is 1. The minimum absolute atomic E-state index is 0.0838. The highest BCUT2D eigenvalue weighted by molar-refractivity contribution is 5.97. The van der Waals surface area contributed by atoms with E-state index in [1.807, 2.05) is 0 Å². The van der Waals surface area contributed by atoms with E-state index >= 15 is 0 Å². The Morgan fingerprint density at radius 2 is 2.11 bits per heavy atom. The second kappa shape index (κ2) is 5.35. The summed E-state index contributed by atoms with van der Waals surface area (Å²) in [5.74, 6) is -0.243. The first-order chi connectivity index (χ1) is 8.69. The monoisotopic (exact) mass is 246 g/mol. The van der Waals surface area contributed by atoms with Crippen molar-refractivity contribution in [2.75, 3.05) is 7.11 Å². The molecule has 0 unspecified atom stereocenters. The van der Waals surface area contributed by atoms with Crippen LogP contribution in [0.2, 0.25) is 0 Å². The predicted octanol–water partition coefficient (Wildman–Crippen LogP) is 2.05. The molecule has 0 amide bonds. The van der Waals surface area contributed by atoms with Gasteiger partial charge >= 0.3 is 0 Å². The van der Waals surface area contributed by atoms with E-state index in [-0.39, 0.29) is 12.2 Å². The van der Waals surface area contributed by atoms with Crippen molar-refractivity contribution in [3.63, 3.8) is 0 Å². The molecule has 0 aliphatic heterocycles. The van der Waals surface area contributed by atoms with Crippen LogP contribution in [0.15, 0.2) is 36.4 Å². The molecule has 0 atom stereocenters. The van der Waals surface area contributed by atoms with Gasteiger partial charge in [-0.05, 0) is 18.2 Å². The molecule has 0 bridgehead atoms. The molecule has 2 aromatic rings. The maximum atomic E-state index is 13.0. The summed E-state index contributed by atoms with van der Waals surface area (Å²) in [6.07, 6.45) is 0.0838. The maximum absolute atomic E-state index is 13.0. The number of nitrogens with zero attached hydrogens (tertiary/aromatic N) is 2. The normalized spacial score (nSPS) is 10.1. The molecule has 0 fully saturated rings. The summed E-state index contributed by atoms with van der Waals surface area (Å²) in [5, 5.41) is 7.61. The number of carbonyl (C=O) groups excluding carboxylic acids is 1. The Morgan fingerprint density at radius 3 is 2.72 bits per heavy atom. The summed E-state index contributed by atoms with van der Waals surface area (Å²) in [7, 11) is 1.49. The van der Waals surface area contributed by atoms with Gasteiger partial charge in [0, 0.05) is 11.6 Å². The summed E-state index contributed by atoms with van der Waals surface area (Å²) in [4.78, 5) is 11.9. The molecule has 2 rings (SSSR count). The second-order valence-corrected chi connectivity index (χ2v) is 3.68. The van der Waals surface area contributed by atoms with Gasteiger partial charge in [-0.3, -0.25) is 4.79 Å². The first-order valence-corrected chi connectivity index (χ1v) is 5.34. The summed E-state index contributed by atoms with van der Waals surface area (Å²) in [5.41, 5.74) is 0.845. The lowest BCUT2D eigenvalue weighted by Crippen LogP contribution is -2.06. The van der Waals surface area contributed by atoms with Crippen LogP contribution in [-0.4, -0.2) is 23.1 Å². The standard InChI is InChI=1S/C13H11FN2O2/c1-18-13-6-5-11(15-16-13)8-12(17)9-3-2-4-10(14)7-9/h2-7H,8H2,1H3. The molecule has 0 radical (unpaired) electrons. The molecule has 0 spiro atoms. The Morgan fingerprint density at radius 1 is 1.28 bits per heavy atom. The van der Waals surface area contributed by atoms with Gasteiger partial charge < -0.3 is 4.74 Å². The Balaban J connectivity index is 2.11. The van der Waals surface area contributed by atoms with Gasteiger partial charge in [-0.1, -0.05) is 12.1 Å². The third kappa shape index (κ3) is 2.88. The molecule has 0 aliphatic carbocycles. The molecular weight excluding hydrogens is 235 g/mol. The number of hydrogen-bond acceptors (Lipinski definition) is 4. The largest absolute Gasteiger partial charge is 0.480 e. The van der Waals surface area contributed by atoms with Crippen molar-refractivity contribution in [2.24, 2.45) is 0 Å². The average Bonchev–Trinajstić information content (AvgIpc) is 2.39. The molecular formula is C13H11FN2O2. The highest BCUT2D eigenvalue weighted by Crippen LogP contribution is 2.09. The fourth-order valence-electron chi connectivity index (χ4n) is 1.48. The molecule has 0 N–H and O–H groups in total. The van der Waals surface area contributed by atoms with Crippen LogP contribution in [0.25, 0.3) is 0 Å². The zero-order valence-corrected chi connectivity index (χ0v) is 9.76. The molecule has 5 heteroatoms. The minimum atomic E-state index is -0.429. The van der Waals surface area contributed by atoms with Crippen LogP contribution in [0.1, 0.15) is 16.1 Å². The van der Waals surface area contributed by atoms with E-state index in [0.29, 0.717) is 17.1 Å². The lowest BCUT2D eigenvalue weighted by atomic mass is 10.1. The van der Waals surface area contributed by atoms with Gasteiger partial charge in [-0.25, -0.2) is 4.39 Å². The number of benzene rings is 1. The quantitative estimate of drug-likeness (QED) is 0.775. The van der Waals surface area contributed by atoms with Crippen LogP contribution in [0, 0.1) is 5.82 Å². The van der Waals surface area contributed by atoms with Crippen molar-refractivity contribution in [3.05, 3.63) is 53.5 Å². The van der Waals surface area contributed by atoms with Crippen LogP contribution in [0.3, 0.4) is 0 Å². The highest BCUT2D eigenvalue weighted by Gasteiger charge is 2.09. The highest BCUT2D eigenvalue weighted by atomic mass is 19.1. The van der Waals surface area contributed by atoms with Crippen molar-refractivity contribution >= 4 is 5.78 Å². The van der Waals surface area contributed by atoms with Crippen LogP contribution in [0.4, 0.5) is 4.39 Å². The molecule has 1 heterocycles. The lowest BCUT2D eigenvalue weighted by Gasteiger charge is -2.01. The van der Waals surface area contributed by atoms with Gasteiger partial charge in [0.05, 0.1) is 19.2 Å². The third-order valence-corrected chi connectivity index (χ3v) is 2.39.